The third kappa shape index (κ3) is 4.58. The summed E-state index contributed by atoms with van der Waals surface area (Å²) >= 11 is 0. The number of hydrogen-bond donors (Lipinski definition) is 1. The molecule has 0 radical (unpaired) electrons. The number of amides is 1. The van der Waals surface area contributed by atoms with Crippen molar-refractivity contribution in [3.63, 3.8) is 0 Å². The molecule has 0 spiro atoms. The van der Waals surface area contributed by atoms with Gasteiger partial charge in [0.25, 0.3) is 0 Å². The monoisotopic (exact) mass is 308 g/mol. The zero-order chi connectivity index (χ0) is 16.7. The van der Waals surface area contributed by atoms with Gasteiger partial charge in [-0.1, -0.05) is 31.2 Å². The van der Waals surface area contributed by atoms with Crippen LogP contribution in [0.15, 0.2) is 48.5 Å². The van der Waals surface area contributed by atoms with Gasteiger partial charge in [-0.15, -0.1) is 0 Å². The Morgan fingerprint density at radius 1 is 1.13 bits per heavy atom. The highest BCUT2D eigenvalue weighted by Crippen LogP contribution is 2.16. The molecule has 0 aromatic heterocycles. The van der Waals surface area contributed by atoms with Gasteiger partial charge in [0, 0.05) is 5.69 Å². The molecule has 0 fully saturated rings. The van der Waals surface area contributed by atoms with Crippen molar-refractivity contribution in [3.8, 4) is 11.8 Å². The highest BCUT2D eigenvalue weighted by Gasteiger charge is 2.18. The lowest BCUT2D eigenvalue weighted by Gasteiger charge is -2.11. The fourth-order valence-corrected chi connectivity index (χ4v) is 2.25. The number of methoxy groups -OCH3 is 1. The molecule has 0 saturated heterocycles. The molecule has 4 heteroatoms. The normalized spacial score (nSPS) is 11.3. The summed E-state index contributed by atoms with van der Waals surface area (Å²) < 4.78 is 5.10. The molecular weight excluding hydrogens is 288 g/mol. The third-order valence-electron chi connectivity index (χ3n) is 3.70. The SMILES string of the molecule is CCc1ccc(NC(=O)C(C#N)Cc2ccc(OC)cc2)cc1. The van der Waals surface area contributed by atoms with Crippen LogP contribution >= 0.6 is 0 Å². The summed E-state index contributed by atoms with van der Waals surface area (Å²) in [5.74, 6) is -0.260. The minimum absolute atomic E-state index is 0.285. The van der Waals surface area contributed by atoms with E-state index in [-0.39, 0.29) is 5.91 Å². The number of aryl methyl sites for hydroxylation is 1. The summed E-state index contributed by atoms with van der Waals surface area (Å²) in [5.41, 5.74) is 2.84. The number of benzene rings is 2. The van der Waals surface area contributed by atoms with Crippen LogP contribution < -0.4 is 10.1 Å². The molecule has 23 heavy (non-hydrogen) atoms. The van der Waals surface area contributed by atoms with Crippen LogP contribution in [0.2, 0.25) is 0 Å². The molecule has 0 aliphatic rings. The first kappa shape index (κ1) is 16.6. The van der Waals surface area contributed by atoms with Crippen molar-refractivity contribution in [2.45, 2.75) is 19.8 Å². The largest absolute Gasteiger partial charge is 0.497 e. The van der Waals surface area contributed by atoms with Crippen LogP contribution in [-0.2, 0) is 17.6 Å². The maximum atomic E-state index is 12.3. The number of carbonyl (C=O) groups is 1. The van der Waals surface area contributed by atoms with Gasteiger partial charge in [0.2, 0.25) is 5.91 Å². The number of carbonyl (C=O) groups excluding carboxylic acids is 1. The molecule has 4 nitrogen and oxygen atoms in total. The van der Waals surface area contributed by atoms with Crippen LogP contribution in [0.5, 0.6) is 5.75 Å². The molecule has 1 unspecified atom stereocenters. The molecule has 2 aromatic rings. The van der Waals surface area contributed by atoms with Gasteiger partial charge < -0.3 is 10.1 Å². The summed E-state index contributed by atoms with van der Waals surface area (Å²) in [5, 5.41) is 12.1. The average Bonchev–Trinajstić information content (AvgIpc) is 2.60. The quantitative estimate of drug-likeness (QED) is 0.887. The highest BCUT2D eigenvalue weighted by molar-refractivity contribution is 5.94. The van der Waals surface area contributed by atoms with E-state index >= 15 is 0 Å². The van der Waals surface area contributed by atoms with Crippen molar-refractivity contribution in [2.75, 3.05) is 12.4 Å². The standard InChI is InChI=1S/C19H20N2O2/c1-3-14-4-8-17(9-5-14)21-19(22)16(13-20)12-15-6-10-18(23-2)11-7-15/h4-11,16H,3,12H2,1-2H3,(H,21,22). The van der Waals surface area contributed by atoms with E-state index in [9.17, 15) is 10.1 Å². The molecule has 1 atom stereocenters. The first-order chi connectivity index (χ1) is 11.2. The predicted molar refractivity (Wildman–Crippen MR) is 90.3 cm³/mol. The van der Waals surface area contributed by atoms with Crippen LogP contribution in [0.4, 0.5) is 5.69 Å². The van der Waals surface area contributed by atoms with Crippen LogP contribution in [0.1, 0.15) is 18.1 Å². The van der Waals surface area contributed by atoms with Crippen LogP contribution in [0.3, 0.4) is 0 Å². The van der Waals surface area contributed by atoms with Crippen molar-refractivity contribution in [2.24, 2.45) is 5.92 Å². The number of nitrogens with zero attached hydrogens (tertiary/aromatic N) is 1. The van der Waals surface area contributed by atoms with E-state index in [1.54, 1.807) is 7.11 Å². The Kier molecular flexibility index (Phi) is 5.76. The van der Waals surface area contributed by atoms with Gasteiger partial charge in [0.05, 0.1) is 13.2 Å². The lowest BCUT2D eigenvalue weighted by molar-refractivity contribution is -0.118. The van der Waals surface area contributed by atoms with Gasteiger partial charge in [-0.3, -0.25) is 4.79 Å². The number of rotatable bonds is 6. The molecule has 0 aliphatic carbocycles. The predicted octanol–water partition coefficient (Wildman–Crippen LogP) is 3.58. The number of ether oxygens (including phenoxy) is 1. The summed E-state index contributed by atoms with van der Waals surface area (Å²) in [7, 11) is 1.60. The Morgan fingerprint density at radius 2 is 1.74 bits per heavy atom. The topological polar surface area (TPSA) is 62.1 Å². The first-order valence-corrected chi connectivity index (χ1v) is 7.58. The van der Waals surface area contributed by atoms with Gasteiger partial charge in [0.15, 0.2) is 0 Å². The molecule has 2 rings (SSSR count). The number of anilines is 1. The maximum absolute atomic E-state index is 12.3. The maximum Gasteiger partial charge on any atom is 0.242 e. The summed E-state index contributed by atoms with van der Waals surface area (Å²) in [6, 6.07) is 17.1. The second-order valence-electron chi connectivity index (χ2n) is 5.27. The minimum Gasteiger partial charge on any atom is -0.497 e. The summed E-state index contributed by atoms with van der Waals surface area (Å²) in [6.07, 6.45) is 1.33. The van der Waals surface area contributed by atoms with E-state index in [0.29, 0.717) is 12.1 Å². The zero-order valence-electron chi connectivity index (χ0n) is 13.4. The molecule has 118 valence electrons. The molecule has 0 aliphatic heterocycles. The van der Waals surface area contributed by atoms with Crippen LogP contribution in [-0.4, -0.2) is 13.0 Å². The van der Waals surface area contributed by atoms with E-state index in [1.165, 1.54) is 5.56 Å². The Morgan fingerprint density at radius 3 is 2.26 bits per heavy atom. The second kappa shape index (κ2) is 8.00. The molecule has 1 N–H and O–H groups in total. The Hall–Kier alpha value is -2.80. The Labute approximate surface area is 136 Å². The number of hydrogen-bond acceptors (Lipinski definition) is 3. The second-order valence-corrected chi connectivity index (χ2v) is 5.27. The van der Waals surface area contributed by atoms with Crippen molar-refractivity contribution < 1.29 is 9.53 Å². The highest BCUT2D eigenvalue weighted by atomic mass is 16.5. The average molecular weight is 308 g/mol. The summed E-state index contributed by atoms with van der Waals surface area (Å²) in [6.45, 7) is 2.08. The van der Waals surface area contributed by atoms with Gasteiger partial charge in [0.1, 0.15) is 11.7 Å². The number of nitriles is 1. The number of nitrogens with one attached hydrogen (secondary N) is 1. The van der Waals surface area contributed by atoms with Crippen LogP contribution in [0.25, 0.3) is 0 Å². The molecular formula is C19H20N2O2. The minimum atomic E-state index is -0.728. The third-order valence-corrected chi connectivity index (χ3v) is 3.70. The van der Waals surface area contributed by atoms with E-state index in [2.05, 4.69) is 18.3 Å². The lowest BCUT2D eigenvalue weighted by Crippen LogP contribution is -2.23. The van der Waals surface area contributed by atoms with E-state index < -0.39 is 5.92 Å². The van der Waals surface area contributed by atoms with Crippen molar-refractivity contribution in [1.82, 2.24) is 0 Å². The van der Waals surface area contributed by atoms with Gasteiger partial charge >= 0.3 is 0 Å². The van der Waals surface area contributed by atoms with Crippen LogP contribution in [0, 0.1) is 17.2 Å². The van der Waals surface area contributed by atoms with Gasteiger partial charge in [-0.05, 0) is 48.2 Å². The van der Waals surface area contributed by atoms with Gasteiger partial charge in [-0.25, -0.2) is 0 Å². The molecule has 2 aromatic carbocycles. The fraction of sp³-hybridized carbons (Fsp3) is 0.263. The van der Waals surface area contributed by atoms with Gasteiger partial charge in [-0.2, -0.15) is 5.26 Å². The lowest BCUT2D eigenvalue weighted by atomic mass is 9.99. The molecule has 0 bridgehead atoms. The van der Waals surface area contributed by atoms with Crippen molar-refractivity contribution >= 4 is 11.6 Å². The smallest absolute Gasteiger partial charge is 0.242 e. The molecule has 0 heterocycles. The van der Waals surface area contributed by atoms with Crippen molar-refractivity contribution in [3.05, 3.63) is 59.7 Å². The first-order valence-electron chi connectivity index (χ1n) is 7.58. The van der Waals surface area contributed by atoms with E-state index in [0.717, 1.165) is 17.7 Å². The molecule has 1 amide bonds. The zero-order valence-corrected chi connectivity index (χ0v) is 13.4. The summed E-state index contributed by atoms with van der Waals surface area (Å²) in [4.78, 5) is 12.3. The van der Waals surface area contributed by atoms with E-state index in [4.69, 9.17) is 4.74 Å². The Bertz CT molecular complexity index is 685. The van der Waals surface area contributed by atoms with Crippen molar-refractivity contribution in [1.29, 1.82) is 5.26 Å². The Balaban J connectivity index is 2.01. The fourth-order valence-electron chi connectivity index (χ4n) is 2.25. The molecule has 0 saturated carbocycles. The van der Waals surface area contributed by atoms with E-state index in [1.807, 2.05) is 48.5 Å².